The molecule has 0 spiro atoms. The van der Waals surface area contributed by atoms with Crippen LogP contribution in [-0.4, -0.2) is 32.2 Å². The van der Waals surface area contributed by atoms with E-state index in [1.807, 2.05) is 24.7 Å². The van der Waals surface area contributed by atoms with E-state index in [9.17, 15) is 4.79 Å². The highest BCUT2D eigenvalue weighted by molar-refractivity contribution is 5.93. The Balaban J connectivity index is 2.11. The highest BCUT2D eigenvalue weighted by Crippen LogP contribution is 2.20. The summed E-state index contributed by atoms with van der Waals surface area (Å²) in [5.74, 6) is 0.655. The molecule has 1 aromatic carbocycles. The third kappa shape index (κ3) is 2.72. The molecular weight excluding hydrogens is 292 g/mol. The minimum Gasteiger partial charge on any atom is -0.465 e. The molecule has 0 unspecified atom stereocenters. The number of imidazole rings is 2. The van der Waals surface area contributed by atoms with E-state index in [1.54, 1.807) is 6.07 Å². The lowest BCUT2D eigenvalue weighted by Crippen LogP contribution is -2.09. The smallest absolute Gasteiger partial charge is 0.337 e. The molecule has 6 nitrogen and oxygen atoms in total. The number of hydrogen-bond donors (Lipinski definition) is 0. The summed E-state index contributed by atoms with van der Waals surface area (Å²) < 4.78 is 9.07. The lowest BCUT2D eigenvalue weighted by molar-refractivity contribution is 0.0601. The second-order valence-corrected chi connectivity index (χ2v) is 5.33. The van der Waals surface area contributed by atoms with Crippen molar-refractivity contribution in [3.8, 4) is 0 Å². The molecule has 0 saturated heterocycles. The number of esters is 1. The van der Waals surface area contributed by atoms with Crippen LogP contribution in [0.25, 0.3) is 11.0 Å². The third-order valence-corrected chi connectivity index (χ3v) is 4.02. The van der Waals surface area contributed by atoms with Gasteiger partial charge in [-0.25, -0.2) is 14.8 Å². The number of nitrogens with zero attached hydrogens (tertiary/aromatic N) is 4. The highest BCUT2D eigenvalue weighted by atomic mass is 16.5. The highest BCUT2D eigenvalue weighted by Gasteiger charge is 2.14. The molecule has 3 rings (SSSR count). The lowest BCUT2D eigenvalue weighted by atomic mass is 10.2. The molecule has 0 atom stereocenters. The summed E-state index contributed by atoms with van der Waals surface area (Å²) in [5, 5.41) is 0. The van der Waals surface area contributed by atoms with Crippen molar-refractivity contribution < 1.29 is 9.53 Å². The molecule has 0 fully saturated rings. The quantitative estimate of drug-likeness (QED) is 0.680. The first-order valence-corrected chi connectivity index (χ1v) is 7.74. The number of fused-ring (bicyclic) bond motifs is 1. The maximum absolute atomic E-state index is 11.8. The van der Waals surface area contributed by atoms with E-state index in [-0.39, 0.29) is 5.97 Å². The molecule has 2 heterocycles. The first-order chi connectivity index (χ1) is 11.2. The number of methoxy groups -OCH3 is 1. The molecule has 23 heavy (non-hydrogen) atoms. The molecule has 2 aromatic heterocycles. The molecule has 0 aliphatic rings. The number of aryl methyl sites for hydroxylation is 2. The van der Waals surface area contributed by atoms with Crippen molar-refractivity contribution in [3.63, 3.8) is 0 Å². The fraction of sp³-hybridized carbons (Fsp3) is 0.353. The van der Waals surface area contributed by atoms with Gasteiger partial charge in [-0.05, 0) is 25.1 Å². The second-order valence-electron chi connectivity index (χ2n) is 5.33. The van der Waals surface area contributed by atoms with E-state index in [0.717, 1.165) is 35.5 Å². The van der Waals surface area contributed by atoms with Gasteiger partial charge in [-0.2, -0.15) is 0 Å². The number of hydrogen-bond acceptors (Lipinski definition) is 4. The van der Waals surface area contributed by atoms with Crippen LogP contribution in [0.2, 0.25) is 0 Å². The fourth-order valence-corrected chi connectivity index (χ4v) is 2.79. The van der Waals surface area contributed by atoms with Crippen molar-refractivity contribution >= 4 is 17.0 Å². The number of benzene rings is 1. The van der Waals surface area contributed by atoms with Gasteiger partial charge in [0.2, 0.25) is 0 Å². The van der Waals surface area contributed by atoms with Crippen LogP contribution in [0.3, 0.4) is 0 Å². The van der Waals surface area contributed by atoms with Crippen molar-refractivity contribution in [2.45, 2.75) is 33.4 Å². The third-order valence-electron chi connectivity index (χ3n) is 4.02. The van der Waals surface area contributed by atoms with E-state index in [1.165, 1.54) is 7.11 Å². The Kier molecular flexibility index (Phi) is 4.14. The van der Waals surface area contributed by atoms with Gasteiger partial charge in [-0.3, -0.25) is 0 Å². The van der Waals surface area contributed by atoms with Crippen molar-refractivity contribution in [1.29, 1.82) is 0 Å². The number of carbonyl (C=O) groups excluding carboxylic acids is 1. The summed E-state index contributed by atoms with van der Waals surface area (Å²) in [4.78, 5) is 20.7. The number of ether oxygens (including phenoxy) is 1. The summed E-state index contributed by atoms with van der Waals surface area (Å²) in [6.45, 7) is 5.72. The first kappa shape index (κ1) is 15.3. The molecule has 3 aromatic rings. The van der Waals surface area contributed by atoms with Crippen LogP contribution in [0.1, 0.15) is 35.7 Å². The summed E-state index contributed by atoms with van der Waals surface area (Å²) in [6, 6.07) is 5.47. The minimum absolute atomic E-state index is 0.337. The SMILES string of the molecule is CCc1nc2ccc(C(=O)OC)cc2n1Cc1cncn1CC. The Morgan fingerprint density at radius 3 is 2.83 bits per heavy atom. The topological polar surface area (TPSA) is 61.9 Å². The van der Waals surface area contributed by atoms with E-state index < -0.39 is 0 Å². The number of carbonyl (C=O) groups is 1. The molecule has 0 N–H and O–H groups in total. The fourth-order valence-electron chi connectivity index (χ4n) is 2.79. The van der Waals surface area contributed by atoms with E-state index in [2.05, 4.69) is 32.9 Å². The summed E-state index contributed by atoms with van der Waals surface area (Å²) in [7, 11) is 1.39. The predicted molar refractivity (Wildman–Crippen MR) is 87.5 cm³/mol. The van der Waals surface area contributed by atoms with Crippen LogP contribution < -0.4 is 0 Å². The van der Waals surface area contributed by atoms with Crippen molar-refractivity contribution in [1.82, 2.24) is 19.1 Å². The molecule has 120 valence electrons. The Hall–Kier alpha value is -2.63. The maximum Gasteiger partial charge on any atom is 0.337 e. The Bertz CT molecular complexity index is 848. The van der Waals surface area contributed by atoms with Crippen LogP contribution in [0.5, 0.6) is 0 Å². The van der Waals surface area contributed by atoms with Crippen LogP contribution in [0, 0.1) is 0 Å². The van der Waals surface area contributed by atoms with Crippen LogP contribution >= 0.6 is 0 Å². The Labute approximate surface area is 134 Å². The van der Waals surface area contributed by atoms with Gasteiger partial charge in [0, 0.05) is 19.2 Å². The zero-order valence-corrected chi connectivity index (χ0v) is 13.6. The zero-order chi connectivity index (χ0) is 16.4. The maximum atomic E-state index is 11.8. The van der Waals surface area contributed by atoms with Crippen LogP contribution in [0.15, 0.2) is 30.7 Å². The number of aromatic nitrogens is 4. The lowest BCUT2D eigenvalue weighted by Gasteiger charge is -2.10. The van der Waals surface area contributed by atoms with E-state index in [0.29, 0.717) is 12.1 Å². The summed E-state index contributed by atoms with van der Waals surface area (Å²) in [5.41, 5.74) is 3.48. The van der Waals surface area contributed by atoms with Gasteiger partial charge >= 0.3 is 5.97 Å². The number of rotatable bonds is 5. The monoisotopic (exact) mass is 312 g/mol. The predicted octanol–water partition coefficient (Wildman–Crippen LogP) is 2.65. The van der Waals surface area contributed by atoms with Crippen molar-refractivity contribution in [2.24, 2.45) is 0 Å². The van der Waals surface area contributed by atoms with Crippen LogP contribution in [0.4, 0.5) is 0 Å². The van der Waals surface area contributed by atoms with Crippen molar-refractivity contribution in [2.75, 3.05) is 7.11 Å². The van der Waals surface area contributed by atoms with Gasteiger partial charge < -0.3 is 13.9 Å². The average molecular weight is 312 g/mol. The molecule has 6 heteroatoms. The standard InChI is InChI=1S/C17H20N4O2/c1-4-16-19-14-7-6-12(17(22)23-3)8-15(14)21(16)10-13-9-18-11-20(13)5-2/h6-9,11H,4-5,10H2,1-3H3. The Morgan fingerprint density at radius 1 is 1.30 bits per heavy atom. The largest absolute Gasteiger partial charge is 0.465 e. The normalized spacial score (nSPS) is 11.1. The van der Waals surface area contributed by atoms with E-state index in [4.69, 9.17) is 4.74 Å². The molecule has 0 radical (unpaired) electrons. The molecule has 0 aliphatic carbocycles. The zero-order valence-electron chi connectivity index (χ0n) is 13.6. The van der Waals surface area contributed by atoms with Gasteiger partial charge in [0.15, 0.2) is 0 Å². The molecule has 0 amide bonds. The van der Waals surface area contributed by atoms with Crippen LogP contribution in [-0.2, 0) is 24.2 Å². The summed E-state index contributed by atoms with van der Waals surface area (Å²) in [6.07, 6.45) is 4.53. The Morgan fingerprint density at radius 2 is 2.13 bits per heavy atom. The van der Waals surface area contributed by atoms with E-state index >= 15 is 0 Å². The first-order valence-electron chi connectivity index (χ1n) is 7.74. The molecule has 0 bridgehead atoms. The van der Waals surface area contributed by atoms with Gasteiger partial charge in [-0.1, -0.05) is 6.92 Å². The van der Waals surface area contributed by atoms with Gasteiger partial charge in [-0.15, -0.1) is 0 Å². The van der Waals surface area contributed by atoms with Gasteiger partial charge in [0.25, 0.3) is 0 Å². The van der Waals surface area contributed by atoms with Gasteiger partial charge in [0.05, 0.1) is 42.3 Å². The summed E-state index contributed by atoms with van der Waals surface area (Å²) >= 11 is 0. The minimum atomic E-state index is -0.337. The second kappa shape index (κ2) is 6.24. The van der Waals surface area contributed by atoms with Gasteiger partial charge in [0.1, 0.15) is 5.82 Å². The molecular formula is C17H20N4O2. The average Bonchev–Trinajstić information content (AvgIpc) is 3.18. The molecule has 0 aliphatic heterocycles. The van der Waals surface area contributed by atoms with Crippen molar-refractivity contribution in [3.05, 3.63) is 47.8 Å². The molecule has 0 saturated carbocycles.